The predicted octanol–water partition coefficient (Wildman–Crippen LogP) is 4.82. The number of ether oxygens (including phenoxy) is 1. The molecular weight excluding hydrogens is 326 g/mol. The van der Waals surface area contributed by atoms with Gasteiger partial charge in [-0.15, -0.1) is 0 Å². The van der Waals surface area contributed by atoms with Gasteiger partial charge < -0.3 is 9.30 Å². The van der Waals surface area contributed by atoms with Crippen molar-refractivity contribution < 1.29 is 9.53 Å². The van der Waals surface area contributed by atoms with Crippen LogP contribution in [0.2, 0.25) is 0 Å². The van der Waals surface area contributed by atoms with Crippen LogP contribution in [-0.4, -0.2) is 25.8 Å². The summed E-state index contributed by atoms with van der Waals surface area (Å²) in [6, 6.07) is 14.2. The van der Waals surface area contributed by atoms with Gasteiger partial charge in [-0.05, 0) is 56.0 Å². The standard InChI is InChI=1S/C21H21N3O2/c1-21(2,3)26-20(25)24-14-16(17-8-6-11-22-19(17)24)13-23-12-10-15-7-4-5-9-18(15)23/h4-12,14H,13H2,1-3H3. The molecule has 0 unspecified atom stereocenters. The van der Waals surface area contributed by atoms with Crippen molar-refractivity contribution in [3.05, 3.63) is 66.6 Å². The minimum Gasteiger partial charge on any atom is -0.443 e. The van der Waals surface area contributed by atoms with Crippen molar-refractivity contribution >= 4 is 28.0 Å². The molecule has 5 heteroatoms. The second kappa shape index (κ2) is 6.02. The van der Waals surface area contributed by atoms with Gasteiger partial charge in [-0.1, -0.05) is 18.2 Å². The lowest BCUT2D eigenvalue weighted by Crippen LogP contribution is -2.26. The smallest absolute Gasteiger partial charge is 0.420 e. The van der Waals surface area contributed by atoms with E-state index in [1.807, 2.05) is 51.2 Å². The molecule has 0 radical (unpaired) electrons. The van der Waals surface area contributed by atoms with E-state index in [-0.39, 0.29) is 0 Å². The first-order valence-corrected chi connectivity index (χ1v) is 8.64. The summed E-state index contributed by atoms with van der Waals surface area (Å²) >= 11 is 0. The molecule has 5 nitrogen and oxygen atoms in total. The normalized spacial score (nSPS) is 12.0. The lowest BCUT2D eigenvalue weighted by Gasteiger charge is -2.19. The summed E-state index contributed by atoms with van der Waals surface area (Å²) < 4.78 is 9.21. The van der Waals surface area contributed by atoms with Gasteiger partial charge in [-0.3, -0.25) is 0 Å². The van der Waals surface area contributed by atoms with Crippen LogP contribution in [0, 0.1) is 0 Å². The molecule has 0 aliphatic carbocycles. The third-order valence-corrected chi connectivity index (χ3v) is 4.26. The van der Waals surface area contributed by atoms with Gasteiger partial charge in [-0.2, -0.15) is 0 Å². The van der Waals surface area contributed by atoms with Crippen LogP contribution in [0.3, 0.4) is 0 Å². The molecule has 4 aromatic rings. The highest BCUT2D eigenvalue weighted by Crippen LogP contribution is 2.24. The maximum absolute atomic E-state index is 12.6. The van der Waals surface area contributed by atoms with E-state index in [0.29, 0.717) is 12.2 Å². The van der Waals surface area contributed by atoms with Gasteiger partial charge in [0.25, 0.3) is 0 Å². The Balaban J connectivity index is 1.77. The fraction of sp³-hybridized carbons (Fsp3) is 0.238. The van der Waals surface area contributed by atoms with Crippen LogP contribution in [0.25, 0.3) is 21.9 Å². The number of pyridine rings is 1. The Hall–Kier alpha value is -3.08. The molecule has 26 heavy (non-hydrogen) atoms. The Kier molecular flexibility index (Phi) is 3.80. The Morgan fingerprint density at radius 2 is 1.92 bits per heavy atom. The van der Waals surface area contributed by atoms with Crippen molar-refractivity contribution in [1.82, 2.24) is 14.1 Å². The van der Waals surface area contributed by atoms with Crippen molar-refractivity contribution in [3.63, 3.8) is 0 Å². The van der Waals surface area contributed by atoms with E-state index >= 15 is 0 Å². The number of benzene rings is 1. The number of hydrogen-bond acceptors (Lipinski definition) is 3. The summed E-state index contributed by atoms with van der Waals surface area (Å²) in [6.07, 6.45) is 5.18. The first kappa shape index (κ1) is 16.4. The lowest BCUT2D eigenvalue weighted by atomic mass is 10.2. The molecule has 0 spiro atoms. The fourth-order valence-electron chi connectivity index (χ4n) is 3.16. The highest BCUT2D eigenvalue weighted by molar-refractivity contribution is 5.89. The lowest BCUT2D eigenvalue weighted by molar-refractivity contribution is 0.0543. The topological polar surface area (TPSA) is 49.0 Å². The average Bonchev–Trinajstić information content (AvgIpc) is 3.16. The van der Waals surface area contributed by atoms with Gasteiger partial charge in [-0.25, -0.2) is 14.3 Å². The first-order valence-electron chi connectivity index (χ1n) is 8.64. The van der Waals surface area contributed by atoms with Crippen LogP contribution in [0.4, 0.5) is 4.79 Å². The molecule has 4 rings (SSSR count). The zero-order valence-corrected chi connectivity index (χ0v) is 15.1. The molecule has 0 bridgehead atoms. The van der Waals surface area contributed by atoms with E-state index in [1.54, 1.807) is 6.20 Å². The van der Waals surface area contributed by atoms with E-state index in [2.05, 4.69) is 33.9 Å². The summed E-state index contributed by atoms with van der Waals surface area (Å²) in [7, 11) is 0. The Morgan fingerprint density at radius 3 is 2.73 bits per heavy atom. The monoisotopic (exact) mass is 347 g/mol. The van der Waals surface area contributed by atoms with Crippen LogP contribution in [0.5, 0.6) is 0 Å². The molecule has 0 saturated carbocycles. The highest BCUT2D eigenvalue weighted by Gasteiger charge is 2.21. The summed E-state index contributed by atoms with van der Waals surface area (Å²) in [5.74, 6) is 0. The Labute approximate surface area is 151 Å². The summed E-state index contributed by atoms with van der Waals surface area (Å²) in [6.45, 7) is 6.23. The number of nitrogens with zero attached hydrogens (tertiary/aromatic N) is 3. The molecule has 132 valence electrons. The molecule has 0 atom stereocenters. The second-order valence-corrected chi connectivity index (χ2v) is 7.38. The zero-order chi connectivity index (χ0) is 18.3. The zero-order valence-electron chi connectivity index (χ0n) is 15.1. The average molecular weight is 347 g/mol. The minimum absolute atomic E-state index is 0.412. The van der Waals surface area contributed by atoms with Crippen LogP contribution in [0.1, 0.15) is 26.3 Å². The number of para-hydroxylation sites is 1. The third-order valence-electron chi connectivity index (χ3n) is 4.26. The van der Waals surface area contributed by atoms with Crippen molar-refractivity contribution in [2.75, 3.05) is 0 Å². The number of carbonyl (C=O) groups is 1. The Morgan fingerprint density at radius 1 is 1.12 bits per heavy atom. The van der Waals surface area contributed by atoms with E-state index < -0.39 is 11.7 Å². The van der Waals surface area contributed by atoms with E-state index in [1.165, 1.54) is 9.95 Å². The van der Waals surface area contributed by atoms with Crippen LogP contribution in [-0.2, 0) is 11.3 Å². The number of fused-ring (bicyclic) bond motifs is 2. The van der Waals surface area contributed by atoms with Crippen molar-refractivity contribution in [2.45, 2.75) is 32.9 Å². The third kappa shape index (κ3) is 2.96. The van der Waals surface area contributed by atoms with Gasteiger partial charge in [0.2, 0.25) is 0 Å². The van der Waals surface area contributed by atoms with Crippen LogP contribution in [0.15, 0.2) is 61.1 Å². The minimum atomic E-state index is -0.556. The molecule has 0 saturated heterocycles. The van der Waals surface area contributed by atoms with Crippen LogP contribution >= 0.6 is 0 Å². The maximum atomic E-state index is 12.6. The number of carbonyl (C=O) groups excluding carboxylic acids is 1. The summed E-state index contributed by atoms with van der Waals surface area (Å²) in [5.41, 5.74) is 2.25. The van der Waals surface area contributed by atoms with Crippen molar-refractivity contribution in [1.29, 1.82) is 0 Å². The molecular formula is C21H21N3O2. The maximum Gasteiger partial charge on any atom is 0.420 e. The molecule has 1 aromatic carbocycles. The van der Waals surface area contributed by atoms with Gasteiger partial charge >= 0.3 is 6.09 Å². The van der Waals surface area contributed by atoms with Crippen LogP contribution < -0.4 is 0 Å². The quantitative estimate of drug-likeness (QED) is 0.522. The van der Waals surface area contributed by atoms with Gasteiger partial charge in [0.05, 0.1) is 0 Å². The van der Waals surface area contributed by atoms with E-state index in [9.17, 15) is 4.79 Å². The van der Waals surface area contributed by atoms with E-state index in [0.717, 1.165) is 16.5 Å². The number of hydrogen-bond donors (Lipinski definition) is 0. The largest absolute Gasteiger partial charge is 0.443 e. The summed E-state index contributed by atoms with van der Waals surface area (Å²) in [4.78, 5) is 17.0. The molecule has 0 N–H and O–H groups in total. The SMILES string of the molecule is CC(C)(C)OC(=O)n1cc(Cn2ccc3ccccc32)c2cccnc21. The van der Waals surface area contributed by atoms with Gasteiger partial charge in [0, 0.05) is 36.0 Å². The first-order chi connectivity index (χ1) is 12.4. The van der Waals surface area contributed by atoms with Gasteiger partial charge in [0.15, 0.2) is 0 Å². The highest BCUT2D eigenvalue weighted by atomic mass is 16.6. The Bertz CT molecular complexity index is 1100. The predicted molar refractivity (Wildman–Crippen MR) is 102 cm³/mol. The molecule has 3 heterocycles. The molecule has 3 aromatic heterocycles. The number of rotatable bonds is 2. The molecule has 0 aliphatic rings. The number of aromatic nitrogens is 3. The molecule has 0 aliphatic heterocycles. The summed E-state index contributed by atoms with van der Waals surface area (Å²) in [5, 5.41) is 2.15. The second-order valence-electron chi connectivity index (χ2n) is 7.38. The fourth-order valence-corrected chi connectivity index (χ4v) is 3.16. The van der Waals surface area contributed by atoms with Crippen molar-refractivity contribution in [2.24, 2.45) is 0 Å². The van der Waals surface area contributed by atoms with Crippen molar-refractivity contribution in [3.8, 4) is 0 Å². The molecule has 0 fully saturated rings. The molecule has 0 amide bonds. The van der Waals surface area contributed by atoms with Gasteiger partial charge in [0.1, 0.15) is 11.2 Å². The van der Waals surface area contributed by atoms with E-state index in [4.69, 9.17) is 4.74 Å².